The van der Waals surface area contributed by atoms with Crippen LogP contribution in [0.4, 0.5) is 20.2 Å². The van der Waals surface area contributed by atoms with E-state index in [1.807, 2.05) is 0 Å². The van der Waals surface area contributed by atoms with Crippen LogP contribution < -0.4 is 10.0 Å². The van der Waals surface area contributed by atoms with Crippen LogP contribution >= 0.6 is 0 Å². The van der Waals surface area contributed by atoms with E-state index in [0.717, 1.165) is 36.4 Å². The van der Waals surface area contributed by atoms with Gasteiger partial charge in [-0.25, -0.2) is 17.2 Å². The molecular weight excluding hydrogens is 374 g/mol. The van der Waals surface area contributed by atoms with Gasteiger partial charge in [-0.1, -0.05) is 12.1 Å². The van der Waals surface area contributed by atoms with Crippen LogP contribution in [-0.4, -0.2) is 14.3 Å². The third kappa shape index (κ3) is 4.48. The summed E-state index contributed by atoms with van der Waals surface area (Å²) >= 11 is 0. The number of amides is 1. The molecule has 5 nitrogen and oxygen atoms in total. The second kappa shape index (κ2) is 7.55. The van der Waals surface area contributed by atoms with Crippen LogP contribution in [0.3, 0.4) is 0 Å². The molecule has 0 radical (unpaired) electrons. The first-order chi connectivity index (χ1) is 12.8. The van der Waals surface area contributed by atoms with Crippen molar-refractivity contribution in [3.05, 3.63) is 90.0 Å². The van der Waals surface area contributed by atoms with Gasteiger partial charge in [0.1, 0.15) is 11.6 Å². The normalized spacial score (nSPS) is 11.0. The van der Waals surface area contributed by atoms with E-state index in [-0.39, 0.29) is 21.8 Å². The molecule has 0 spiro atoms. The molecule has 0 aliphatic carbocycles. The van der Waals surface area contributed by atoms with Crippen molar-refractivity contribution in [2.45, 2.75) is 4.90 Å². The highest BCUT2D eigenvalue weighted by Gasteiger charge is 2.17. The molecule has 0 fully saturated rings. The fraction of sp³-hybridized carbons (Fsp3) is 0. The average Bonchev–Trinajstić information content (AvgIpc) is 2.64. The van der Waals surface area contributed by atoms with Crippen molar-refractivity contribution in [3.8, 4) is 0 Å². The first-order valence-corrected chi connectivity index (χ1v) is 9.28. The molecule has 0 unspecified atom stereocenters. The lowest BCUT2D eigenvalue weighted by molar-refractivity contribution is 0.102. The van der Waals surface area contributed by atoms with Gasteiger partial charge in [0.2, 0.25) is 0 Å². The van der Waals surface area contributed by atoms with E-state index in [2.05, 4.69) is 10.0 Å². The number of nitrogens with one attached hydrogen (secondary N) is 2. The summed E-state index contributed by atoms with van der Waals surface area (Å²) in [7, 11) is -3.98. The number of carbonyl (C=O) groups excluding carboxylic acids is 1. The van der Waals surface area contributed by atoms with Crippen LogP contribution in [0.15, 0.2) is 77.7 Å². The van der Waals surface area contributed by atoms with Gasteiger partial charge in [-0.15, -0.1) is 0 Å². The molecule has 0 aliphatic rings. The van der Waals surface area contributed by atoms with Gasteiger partial charge in [-0.2, -0.15) is 0 Å². The molecule has 3 aromatic rings. The lowest BCUT2D eigenvalue weighted by Gasteiger charge is -2.13. The Labute approximate surface area is 154 Å². The maximum Gasteiger partial charge on any atom is 0.261 e. The molecule has 27 heavy (non-hydrogen) atoms. The van der Waals surface area contributed by atoms with E-state index < -0.39 is 27.6 Å². The van der Waals surface area contributed by atoms with Crippen molar-refractivity contribution in [1.29, 1.82) is 0 Å². The van der Waals surface area contributed by atoms with Gasteiger partial charge >= 0.3 is 0 Å². The third-order valence-electron chi connectivity index (χ3n) is 3.65. The van der Waals surface area contributed by atoms with Gasteiger partial charge in [0, 0.05) is 5.56 Å². The fourth-order valence-electron chi connectivity index (χ4n) is 2.29. The van der Waals surface area contributed by atoms with Gasteiger partial charge < -0.3 is 5.32 Å². The summed E-state index contributed by atoms with van der Waals surface area (Å²) in [5, 5.41) is 2.58. The van der Waals surface area contributed by atoms with Crippen molar-refractivity contribution >= 4 is 27.3 Å². The highest BCUT2D eigenvalue weighted by molar-refractivity contribution is 7.92. The number of halogens is 2. The number of hydrogen-bond acceptors (Lipinski definition) is 3. The van der Waals surface area contributed by atoms with Crippen LogP contribution in [0.25, 0.3) is 0 Å². The van der Waals surface area contributed by atoms with Crippen LogP contribution in [0.1, 0.15) is 10.4 Å². The molecule has 0 bridgehead atoms. The highest BCUT2D eigenvalue weighted by atomic mass is 32.2. The average molecular weight is 388 g/mol. The minimum absolute atomic E-state index is 0.122. The van der Waals surface area contributed by atoms with Crippen LogP contribution in [0.5, 0.6) is 0 Å². The Bertz CT molecular complexity index is 1070. The lowest BCUT2D eigenvalue weighted by Crippen LogP contribution is -2.17. The van der Waals surface area contributed by atoms with Crippen molar-refractivity contribution in [1.82, 2.24) is 0 Å². The van der Waals surface area contributed by atoms with Crippen LogP contribution in [-0.2, 0) is 10.0 Å². The van der Waals surface area contributed by atoms with Gasteiger partial charge in [0.25, 0.3) is 15.9 Å². The Morgan fingerprint density at radius 1 is 0.741 bits per heavy atom. The number of sulfonamides is 1. The predicted molar refractivity (Wildman–Crippen MR) is 98.0 cm³/mol. The molecular formula is C19H14F2N2O3S. The SMILES string of the molecule is O=C(Nc1ccccc1NS(=O)(=O)c1ccc(F)cc1)c1ccc(F)cc1. The first kappa shape index (κ1) is 18.5. The number of benzene rings is 3. The zero-order chi connectivity index (χ0) is 19.4. The fourth-order valence-corrected chi connectivity index (χ4v) is 3.37. The van der Waals surface area contributed by atoms with Crippen LogP contribution in [0.2, 0.25) is 0 Å². The summed E-state index contributed by atoms with van der Waals surface area (Å²) in [5.41, 5.74) is 0.572. The maximum absolute atomic E-state index is 13.0. The molecule has 0 aliphatic heterocycles. The summed E-state index contributed by atoms with van der Waals surface area (Å²) in [6.45, 7) is 0. The summed E-state index contributed by atoms with van der Waals surface area (Å²) in [6.07, 6.45) is 0. The van der Waals surface area contributed by atoms with E-state index in [9.17, 15) is 22.0 Å². The standard InChI is InChI=1S/C19H14F2N2O3S/c20-14-7-5-13(6-8-14)19(24)22-17-3-1-2-4-18(17)23-27(25,26)16-11-9-15(21)10-12-16/h1-12,23H,(H,22,24). The quantitative estimate of drug-likeness (QED) is 0.693. The van der Waals surface area contributed by atoms with Crippen molar-refractivity contribution in [2.75, 3.05) is 10.0 Å². The van der Waals surface area contributed by atoms with E-state index in [1.165, 1.54) is 24.3 Å². The molecule has 0 saturated carbocycles. The molecule has 138 valence electrons. The number of para-hydroxylation sites is 2. The zero-order valence-electron chi connectivity index (χ0n) is 13.8. The number of hydrogen-bond donors (Lipinski definition) is 2. The highest BCUT2D eigenvalue weighted by Crippen LogP contribution is 2.25. The molecule has 8 heteroatoms. The van der Waals surface area contributed by atoms with E-state index in [4.69, 9.17) is 0 Å². The van der Waals surface area contributed by atoms with Gasteiger partial charge in [0.15, 0.2) is 0 Å². The van der Waals surface area contributed by atoms with Crippen molar-refractivity contribution in [3.63, 3.8) is 0 Å². The molecule has 0 aromatic heterocycles. The van der Waals surface area contributed by atoms with Crippen molar-refractivity contribution < 1.29 is 22.0 Å². The molecule has 0 atom stereocenters. The van der Waals surface area contributed by atoms with Gasteiger partial charge in [-0.05, 0) is 60.7 Å². The maximum atomic E-state index is 13.0. The Kier molecular flexibility index (Phi) is 5.18. The summed E-state index contributed by atoms with van der Waals surface area (Å²) in [4.78, 5) is 12.2. The van der Waals surface area contributed by atoms with Crippen molar-refractivity contribution in [2.24, 2.45) is 0 Å². The summed E-state index contributed by atoms with van der Waals surface area (Å²) in [5.74, 6) is -1.55. The molecule has 0 heterocycles. The summed E-state index contributed by atoms with van der Waals surface area (Å²) < 4.78 is 53.3. The molecule has 1 amide bonds. The Morgan fingerprint density at radius 2 is 1.26 bits per heavy atom. The van der Waals surface area contributed by atoms with Gasteiger partial charge in [-0.3, -0.25) is 9.52 Å². The largest absolute Gasteiger partial charge is 0.320 e. The molecule has 0 saturated heterocycles. The summed E-state index contributed by atoms with van der Waals surface area (Å²) in [6, 6.07) is 15.5. The third-order valence-corrected chi connectivity index (χ3v) is 5.03. The Hall–Kier alpha value is -3.26. The van der Waals surface area contributed by atoms with E-state index in [1.54, 1.807) is 12.1 Å². The monoisotopic (exact) mass is 388 g/mol. The minimum atomic E-state index is -3.98. The van der Waals surface area contributed by atoms with E-state index in [0.29, 0.717) is 0 Å². The predicted octanol–water partition coefficient (Wildman–Crippen LogP) is 4.02. The topological polar surface area (TPSA) is 75.3 Å². The van der Waals surface area contributed by atoms with Gasteiger partial charge in [0.05, 0.1) is 16.3 Å². The number of carbonyl (C=O) groups is 1. The Balaban J connectivity index is 1.84. The molecule has 3 rings (SSSR count). The van der Waals surface area contributed by atoms with E-state index >= 15 is 0 Å². The Morgan fingerprint density at radius 3 is 1.85 bits per heavy atom. The first-order valence-electron chi connectivity index (χ1n) is 7.79. The number of anilines is 2. The van der Waals surface area contributed by atoms with Crippen LogP contribution in [0, 0.1) is 11.6 Å². The number of rotatable bonds is 5. The zero-order valence-corrected chi connectivity index (χ0v) is 14.6. The lowest BCUT2D eigenvalue weighted by atomic mass is 10.2. The molecule has 2 N–H and O–H groups in total. The second-order valence-electron chi connectivity index (χ2n) is 5.57. The molecule has 3 aromatic carbocycles. The minimum Gasteiger partial charge on any atom is -0.320 e. The second-order valence-corrected chi connectivity index (χ2v) is 7.25. The smallest absolute Gasteiger partial charge is 0.261 e.